The van der Waals surface area contributed by atoms with E-state index in [1.54, 1.807) is 18.9 Å². The molecule has 4 fully saturated rings. The van der Waals surface area contributed by atoms with Gasteiger partial charge in [-0.15, -0.1) is 0 Å². The van der Waals surface area contributed by atoms with E-state index < -0.39 is 64.3 Å². The van der Waals surface area contributed by atoms with Gasteiger partial charge in [0.1, 0.15) is 22.5 Å². The zero-order chi connectivity index (χ0) is 58.1. The number of ether oxygens (including phenoxy) is 4. The van der Waals surface area contributed by atoms with Crippen LogP contribution in [0.5, 0.6) is 11.5 Å². The molecule has 2 saturated carbocycles. The van der Waals surface area contributed by atoms with E-state index >= 15 is 8.78 Å². The monoisotopic (exact) mass is 1190 g/mol. The van der Waals surface area contributed by atoms with E-state index in [1.165, 1.54) is 76.8 Å². The van der Waals surface area contributed by atoms with Crippen LogP contribution in [0, 0.1) is 11.6 Å². The number of esters is 3. The number of fused-ring (bicyclic) bond motifs is 2. The fraction of sp³-hybridized carbons (Fsp3) is 0.469. The summed E-state index contributed by atoms with van der Waals surface area (Å²) in [6, 6.07) is 2.28. The first-order valence-electron chi connectivity index (χ1n) is 23.6. The van der Waals surface area contributed by atoms with Crippen molar-refractivity contribution in [3.05, 3.63) is 67.7 Å². The van der Waals surface area contributed by atoms with Gasteiger partial charge >= 0.3 is 94.8 Å². The number of rotatable bonds is 10. The molecule has 4 aromatic rings. The van der Waals surface area contributed by atoms with Gasteiger partial charge in [0.15, 0.2) is 28.9 Å². The molecule has 441 valence electrons. The number of aromatic carboxylic acids is 1. The molecule has 2 aromatic heterocycles. The molecule has 4 aliphatic rings. The van der Waals surface area contributed by atoms with Gasteiger partial charge in [0.2, 0.25) is 24.6 Å². The maximum Gasteiger partial charge on any atom is 1.00 e. The number of carboxylic acids is 2. The second-order valence-electron chi connectivity index (χ2n) is 17.4. The number of methoxy groups -OCH3 is 3. The molecular formula is C49H61B2F5KN8O17. The van der Waals surface area contributed by atoms with Crippen molar-refractivity contribution in [2.75, 3.05) is 83.5 Å². The van der Waals surface area contributed by atoms with E-state index in [9.17, 15) is 61.4 Å². The first kappa shape index (κ1) is 73.5. The molecule has 2 saturated heterocycles. The Balaban J connectivity index is 0.000000642. The third-order valence-corrected chi connectivity index (χ3v) is 12.1. The number of hydrogen-bond acceptors (Lipinski definition) is 19. The SMILES string of the molecule is C.C.CC(=O)OC(C)=O.COc1c(N2CCNN(C(C)=O)CC2)c(F)cc2c(=O)c(C(=O)O)cn(C3CC3)c12.O=C(O)C(F)(F)F.[B]C(=O)N1CCN(c2c(F)cc3c(=O)c(C(=O)OC)cn(C4CC4)c3c2OC)CCN1[B]C=O.[K+].[OH-]. The van der Waals surface area contributed by atoms with Crippen LogP contribution in [0.2, 0.25) is 0 Å². The topological polar surface area (TPSA) is 316 Å². The van der Waals surface area contributed by atoms with Crippen LogP contribution in [0.4, 0.5) is 38.1 Å². The number of nitrogens with zero attached hydrogens (tertiary/aromatic N) is 7. The number of pyridine rings is 2. The van der Waals surface area contributed by atoms with E-state index in [0.717, 1.165) is 37.8 Å². The molecule has 0 spiro atoms. The normalized spacial score (nSPS) is 14.9. The van der Waals surface area contributed by atoms with Crippen molar-refractivity contribution in [1.29, 1.82) is 0 Å². The summed E-state index contributed by atoms with van der Waals surface area (Å²) in [5.74, 6) is -7.95. The van der Waals surface area contributed by atoms with Crippen molar-refractivity contribution in [2.24, 2.45) is 0 Å². The number of benzene rings is 2. The van der Waals surface area contributed by atoms with Crippen LogP contribution >= 0.6 is 0 Å². The Morgan fingerprint density at radius 1 is 0.720 bits per heavy atom. The fourth-order valence-corrected chi connectivity index (χ4v) is 8.46. The molecule has 0 atom stereocenters. The first-order valence-corrected chi connectivity index (χ1v) is 23.6. The van der Waals surface area contributed by atoms with Gasteiger partial charge in [-0.2, -0.15) is 13.2 Å². The molecule has 25 nitrogen and oxygen atoms in total. The summed E-state index contributed by atoms with van der Waals surface area (Å²) in [7, 11) is 10.6. The number of amides is 2. The van der Waals surface area contributed by atoms with Gasteiger partial charge in [-0.05, 0) is 37.8 Å². The number of aliphatic carboxylic acids is 1. The van der Waals surface area contributed by atoms with E-state index in [2.05, 4.69) is 10.2 Å². The summed E-state index contributed by atoms with van der Waals surface area (Å²) >= 11 is 0. The Morgan fingerprint density at radius 2 is 1.15 bits per heavy atom. The van der Waals surface area contributed by atoms with Crippen molar-refractivity contribution in [2.45, 2.75) is 79.6 Å². The molecule has 2 aromatic carbocycles. The van der Waals surface area contributed by atoms with Crippen LogP contribution in [-0.2, 0) is 33.4 Å². The number of carbonyl (C=O) groups excluding carboxylic acids is 6. The molecule has 33 heteroatoms. The summed E-state index contributed by atoms with van der Waals surface area (Å²) in [6.45, 7) is 6.08. The van der Waals surface area contributed by atoms with Crippen LogP contribution in [-0.4, -0.2) is 183 Å². The Labute approximate surface area is 510 Å². The summed E-state index contributed by atoms with van der Waals surface area (Å²) in [5, 5.41) is 19.2. The number of hydrazine groups is 2. The van der Waals surface area contributed by atoms with Gasteiger partial charge < -0.3 is 58.4 Å². The number of carbonyl (C=O) groups is 8. The van der Waals surface area contributed by atoms with Crippen LogP contribution in [0.15, 0.2) is 34.1 Å². The summed E-state index contributed by atoms with van der Waals surface area (Å²) < 4.78 is 86.0. The van der Waals surface area contributed by atoms with Gasteiger partial charge in [-0.3, -0.25) is 43.7 Å². The second kappa shape index (κ2) is 31.8. The average molecular weight is 1190 g/mol. The quantitative estimate of drug-likeness (QED) is 0.0653. The molecule has 2 amide bonds. The number of anilines is 2. The molecule has 8 rings (SSSR count). The molecule has 2 aliphatic heterocycles. The van der Waals surface area contributed by atoms with E-state index in [-0.39, 0.29) is 161 Å². The molecule has 4 heterocycles. The minimum atomic E-state index is -5.08. The molecule has 2 aliphatic carbocycles. The molecular weight excluding hydrogens is 1130 g/mol. The zero-order valence-corrected chi connectivity index (χ0v) is 47.4. The minimum absolute atomic E-state index is 0. The predicted octanol–water partition coefficient (Wildman–Crippen LogP) is 0.892. The van der Waals surface area contributed by atoms with Crippen molar-refractivity contribution in [1.82, 2.24) is 29.5 Å². The molecule has 82 heavy (non-hydrogen) atoms. The van der Waals surface area contributed by atoms with Gasteiger partial charge in [0.25, 0.3) is 0 Å². The number of carboxylic acid groups (broad SMARTS) is 2. The van der Waals surface area contributed by atoms with Crippen LogP contribution < -0.4 is 86.9 Å². The molecule has 4 N–H and O–H groups in total. The third kappa shape index (κ3) is 17.8. The molecule has 3 radical (unpaired) electrons. The Morgan fingerprint density at radius 3 is 1.51 bits per heavy atom. The number of nitrogens with one attached hydrogen (secondary N) is 1. The third-order valence-electron chi connectivity index (χ3n) is 12.1. The van der Waals surface area contributed by atoms with Gasteiger partial charge in [0, 0.05) is 84.5 Å². The maximum absolute atomic E-state index is 15.6. The second-order valence-corrected chi connectivity index (χ2v) is 17.4. The van der Waals surface area contributed by atoms with E-state index in [4.69, 9.17) is 32.0 Å². The van der Waals surface area contributed by atoms with E-state index in [0.29, 0.717) is 43.4 Å². The van der Waals surface area contributed by atoms with Crippen molar-refractivity contribution < 1.29 is 146 Å². The summed E-state index contributed by atoms with van der Waals surface area (Å²) in [6.07, 6.45) is 1.58. The van der Waals surface area contributed by atoms with E-state index in [1.807, 2.05) is 0 Å². The standard InChI is InChI=1S/C21H22B2FN4O6.C20H23FN4O5.C4H6O3.C2HF3O2.2CH4.K.H2O/c1-33-19-16-13(18(30)14(20(31)34-2)10-26(16)12-3-4-12)9-15(24)17(19)25-5-7-27(21(22)32)28(8-6-25)23-11-29;1-11(26)25-8-7-23(6-5-22-25)17-15(21)9-13-16(19(17)30-2)24(12-3-4-12)10-14(18(13)27)20(28)29;1-3(5)7-4(2)6;3-2(4,5)1(6)7;;;;/h9-12H,3-8H2,1-2H3;9-10,12,22H,3-8H2,1-2H3,(H,28,29);1-2H3;(H,6,7);2*1H4;;1H2/q;;;;;;+1;/p-1. The van der Waals surface area contributed by atoms with Crippen molar-refractivity contribution in [3.63, 3.8) is 0 Å². The summed E-state index contributed by atoms with van der Waals surface area (Å²) in [4.78, 5) is 117. The largest absolute Gasteiger partial charge is 1.00 e. The number of hydrogen-bond donors (Lipinski definition) is 3. The fourth-order valence-electron chi connectivity index (χ4n) is 8.46. The van der Waals surface area contributed by atoms with Crippen LogP contribution in [0.25, 0.3) is 21.8 Å². The van der Waals surface area contributed by atoms with Crippen LogP contribution in [0.1, 0.15) is 94.1 Å². The zero-order valence-electron chi connectivity index (χ0n) is 44.3. The van der Waals surface area contributed by atoms with Crippen LogP contribution in [0.3, 0.4) is 0 Å². The Bertz CT molecular complexity index is 3130. The van der Waals surface area contributed by atoms with Gasteiger partial charge in [-0.1, -0.05) is 14.9 Å². The van der Waals surface area contributed by atoms with Gasteiger partial charge in [0.05, 0.1) is 62.4 Å². The number of halogens is 5. The first-order chi connectivity index (χ1) is 36.7. The number of alkyl halides is 3. The predicted molar refractivity (Wildman–Crippen MR) is 283 cm³/mol. The number of aromatic nitrogens is 2. The Kier molecular flexibility index (Phi) is 28.5. The average Bonchev–Trinajstić information content (AvgIpc) is 4.34. The molecule has 0 unspecified atom stereocenters. The van der Waals surface area contributed by atoms with Crippen molar-refractivity contribution in [3.8, 4) is 11.5 Å². The Hall–Kier alpha value is -6.48. The van der Waals surface area contributed by atoms with Crippen molar-refractivity contribution >= 4 is 96.2 Å². The summed E-state index contributed by atoms with van der Waals surface area (Å²) in [5.41, 5.74) is 2.15. The molecule has 0 bridgehead atoms. The smallest absolute Gasteiger partial charge is 0.870 e. The minimum Gasteiger partial charge on any atom is -0.870 e. The maximum atomic E-state index is 15.6. The van der Waals surface area contributed by atoms with Gasteiger partial charge in [-0.25, -0.2) is 28.6 Å².